The van der Waals surface area contributed by atoms with Gasteiger partial charge in [0, 0.05) is 25.0 Å². The van der Waals surface area contributed by atoms with Crippen LogP contribution in [-0.4, -0.2) is 51.7 Å². The second kappa shape index (κ2) is 8.40. The summed E-state index contributed by atoms with van der Waals surface area (Å²) in [5, 5.41) is 0. The number of rotatable bonds is 6. The minimum atomic E-state index is -3.27. The van der Waals surface area contributed by atoms with Crippen molar-refractivity contribution in [2.75, 3.05) is 26.5 Å². The molecule has 160 valence electrons. The van der Waals surface area contributed by atoms with Gasteiger partial charge in [-0.05, 0) is 54.0 Å². The van der Waals surface area contributed by atoms with E-state index in [0.717, 1.165) is 36.1 Å². The number of methoxy groups -OCH3 is 1. The number of ether oxygens (including phenoxy) is 1. The van der Waals surface area contributed by atoms with Crippen LogP contribution in [0, 0.1) is 5.92 Å². The molecule has 30 heavy (non-hydrogen) atoms. The molecule has 4 rings (SSSR count). The Balaban J connectivity index is 1.51. The summed E-state index contributed by atoms with van der Waals surface area (Å²) in [6.45, 7) is 1.14. The van der Waals surface area contributed by atoms with Gasteiger partial charge in [0.1, 0.15) is 5.75 Å². The molecule has 2 fully saturated rings. The lowest BCUT2D eigenvalue weighted by molar-refractivity contribution is -0.133. The molecule has 0 aromatic heterocycles. The molecule has 1 aliphatic heterocycles. The first-order chi connectivity index (χ1) is 14.4. The smallest absolute Gasteiger partial charge is 0.226 e. The fraction of sp³-hybridized carbons (Fsp3) is 0.435. The van der Waals surface area contributed by atoms with Gasteiger partial charge in [-0.15, -0.1) is 0 Å². The van der Waals surface area contributed by atoms with Crippen LogP contribution < -0.4 is 9.46 Å². The van der Waals surface area contributed by atoms with Crippen molar-refractivity contribution in [3.05, 3.63) is 54.1 Å². The summed E-state index contributed by atoms with van der Waals surface area (Å²) in [4.78, 5) is 15.0. The van der Waals surface area contributed by atoms with Gasteiger partial charge in [0.2, 0.25) is 15.9 Å². The highest BCUT2D eigenvalue weighted by Crippen LogP contribution is 2.52. The van der Waals surface area contributed by atoms with E-state index in [4.69, 9.17) is 4.74 Å². The fourth-order valence-electron chi connectivity index (χ4n) is 4.48. The Bertz CT molecular complexity index is 1020. The molecule has 1 saturated heterocycles. The lowest BCUT2D eigenvalue weighted by Crippen LogP contribution is -2.49. The van der Waals surface area contributed by atoms with Crippen molar-refractivity contribution < 1.29 is 17.9 Å². The lowest BCUT2D eigenvalue weighted by Gasteiger charge is -2.33. The number of nitrogens with zero attached hydrogens (tertiary/aromatic N) is 1. The number of carbonyl (C=O) groups is 1. The Hall–Kier alpha value is -2.38. The molecule has 3 unspecified atom stereocenters. The minimum Gasteiger partial charge on any atom is -0.497 e. The zero-order chi connectivity index (χ0) is 21.3. The summed E-state index contributed by atoms with van der Waals surface area (Å²) in [6.07, 6.45) is 3.57. The largest absolute Gasteiger partial charge is 0.497 e. The molecule has 1 N–H and O–H groups in total. The van der Waals surface area contributed by atoms with Crippen LogP contribution in [0.5, 0.6) is 5.75 Å². The molecule has 3 atom stereocenters. The van der Waals surface area contributed by atoms with E-state index in [1.54, 1.807) is 7.11 Å². The molecule has 2 aliphatic rings. The maximum atomic E-state index is 13.2. The highest BCUT2D eigenvalue weighted by atomic mass is 32.2. The third kappa shape index (κ3) is 4.68. The predicted molar refractivity (Wildman–Crippen MR) is 117 cm³/mol. The second-order valence-electron chi connectivity index (χ2n) is 8.28. The monoisotopic (exact) mass is 428 g/mol. The Morgan fingerprint density at radius 2 is 1.93 bits per heavy atom. The summed E-state index contributed by atoms with van der Waals surface area (Å²) < 4.78 is 31.2. The lowest BCUT2D eigenvalue weighted by atomic mass is 9.95. The van der Waals surface area contributed by atoms with Crippen LogP contribution in [0.2, 0.25) is 0 Å². The summed E-state index contributed by atoms with van der Waals surface area (Å²) in [5.41, 5.74) is 3.38. The predicted octanol–water partition coefficient (Wildman–Crippen LogP) is 3.01. The number of amides is 1. The molecule has 0 radical (unpaired) electrons. The van der Waals surface area contributed by atoms with Crippen molar-refractivity contribution in [1.29, 1.82) is 0 Å². The van der Waals surface area contributed by atoms with Crippen molar-refractivity contribution in [1.82, 2.24) is 9.62 Å². The average molecular weight is 429 g/mol. The summed E-state index contributed by atoms with van der Waals surface area (Å²) in [7, 11) is -1.62. The summed E-state index contributed by atoms with van der Waals surface area (Å²) in [6, 6.07) is 16.0. The normalized spacial score (nSPS) is 23.8. The zero-order valence-corrected chi connectivity index (χ0v) is 18.2. The second-order valence-corrected chi connectivity index (χ2v) is 10.1. The van der Waals surface area contributed by atoms with E-state index in [1.165, 1.54) is 11.8 Å². The van der Waals surface area contributed by atoms with Gasteiger partial charge in [-0.3, -0.25) is 4.79 Å². The standard InChI is InChI=1S/C23H28N2O4S/c1-29-18-10-11-19(20(13-18)16-7-4-3-5-8-16)21-14-22(21)23(26)25-12-6-9-17(15-25)24-30(2,27)28/h3-5,7-8,10-11,13,17,21-22,24H,6,9,12,14-15H2,1-2H3. The molecule has 0 bridgehead atoms. The first-order valence-corrected chi connectivity index (χ1v) is 12.2. The van der Waals surface area contributed by atoms with E-state index in [-0.39, 0.29) is 23.8 Å². The third-order valence-corrected chi connectivity index (χ3v) is 6.73. The highest BCUT2D eigenvalue weighted by Gasteiger charge is 2.47. The molecule has 1 heterocycles. The molecular weight excluding hydrogens is 400 g/mol. The van der Waals surface area contributed by atoms with Crippen molar-refractivity contribution in [2.45, 2.75) is 31.2 Å². The van der Waals surface area contributed by atoms with Gasteiger partial charge < -0.3 is 9.64 Å². The van der Waals surface area contributed by atoms with Crippen molar-refractivity contribution in [3.8, 4) is 16.9 Å². The molecule has 1 aliphatic carbocycles. The number of carbonyl (C=O) groups excluding carboxylic acids is 1. The van der Waals surface area contributed by atoms with Crippen molar-refractivity contribution >= 4 is 15.9 Å². The van der Waals surface area contributed by atoms with Crippen LogP contribution in [0.25, 0.3) is 11.1 Å². The molecule has 2 aromatic carbocycles. The highest BCUT2D eigenvalue weighted by molar-refractivity contribution is 7.88. The first-order valence-electron chi connectivity index (χ1n) is 10.3. The number of nitrogens with one attached hydrogen (secondary N) is 1. The van der Waals surface area contributed by atoms with E-state index in [0.29, 0.717) is 13.1 Å². The van der Waals surface area contributed by atoms with E-state index in [9.17, 15) is 13.2 Å². The number of sulfonamides is 1. The number of piperidine rings is 1. The number of hydrogen-bond donors (Lipinski definition) is 1. The van der Waals surface area contributed by atoms with Crippen LogP contribution in [0.3, 0.4) is 0 Å². The van der Waals surface area contributed by atoms with E-state index in [2.05, 4.69) is 22.9 Å². The Kier molecular flexibility index (Phi) is 5.84. The van der Waals surface area contributed by atoms with Crippen LogP contribution in [0.4, 0.5) is 0 Å². The van der Waals surface area contributed by atoms with Crippen LogP contribution >= 0.6 is 0 Å². The van der Waals surface area contributed by atoms with Gasteiger partial charge in [-0.25, -0.2) is 13.1 Å². The first kappa shape index (κ1) is 20.9. The van der Waals surface area contributed by atoms with Gasteiger partial charge >= 0.3 is 0 Å². The fourth-order valence-corrected chi connectivity index (χ4v) is 5.27. The van der Waals surface area contributed by atoms with Gasteiger partial charge in [0.15, 0.2) is 0 Å². The van der Waals surface area contributed by atoms with Gasteiger partial charge in [0.25, 0.3) is 0 Å². The molecule has 6 nitrogen and oxygen atoms in total. The van der Waals surface area contributed by atoms with E-state index < -0.39 is 10.0 Å². The Labute approximate surface area is 178 Å². The topological polar surface area (TPSA) is 75.7 Å². The molecular formula is C23H28N2O4S. The SMILES string of the molecule is COc1ccc(C2CC2C(=O)N2CCCC(NS(C)(=O)=O)C2)c(-c2ccccc2)c1. The number of benzene rings is 2. The molecule has 1 saturated carbocycles. The van der Waals surface area contributed by atoms with Gasteiger partial charge in [-0.2, -0.15) is 0 Å². The van der Waals surface area contributed by atoms with Crippen LogP contribution in [0.1, 0.15) is 30.7 Å². The van der Waals surface area contributed by atoms with Gasteiger partial charge in [0.05, 0.1) is 13.4 Å². The summed E-state index contributed by atoms with van der Waals surface area (Å²) in [5.74, 6) is 1.07. The quantitative estimate of drug-likeness (QED) is 0.767. The van der Waals surface area contributed by atoms with Crippen LogP contribution in [0.15, 0.2) is 48.5 Å². The molecule has 2 aromatic rings. The van der Waals surface area contributed by atoms with Crippen molar-refractivity contribution in [2.24, 2.45) is 5.92 Å². The maximum Gasteiger partial charge on any atom is 0.226 e. The van der Waals surface area contributed by atoms with E-state index >= 15 is 0 Å². The maximum absolute atomic E-state index is 13.2. The molecule has 1 amide bonds. The zero-order valence-electron chi connectivity index (χ0n) is 17.4. The number of likely N-dealkylation sites (tertiary alicyclic amines) is 1. The molecule has 7 heteroatoms. The van der Waals surface area contributed by atoms with E-state index in [1.807, 2.05) is 35.2 Å². The summed E-state index contributed by atoms with van der Waals surface area (Å²) >= 11 is 0. The van der Waals surface area contributed by atoms with Crippen molar-refractivity contribution in [3.63, 3.8) is 0 Å². The third-order valence-electron chi connectivity index (χ3n) is 5.97. The minimum absolute atomic E-state index is 0.0437. The average Bonchev–Trinajstić information content (AvgIpc) is 3.53. The van der Waals surface area contributed by atoms with Crippen LogP contribution in [-0.2, 0) is 14.8 Å². The molecule has 0 spiro atoms. The van der Waals surface area contributed by atoms with Gasteiger partial charge in [-0.1, -0.05) is 36.4 Å². The Morgan fingerprint density at radius 3 is 2.63 bits per heavy atom. The Morgan fingerprint density at radius 1 is 1.17 bits per heavy atom. The number of hydrogen-bond acceptors (Lipinski definition) is 4.